The first-order chi connectivity index (χ1) is 12.5. The second-order valence-corrected chi connectivity index (χ2v) is 8.70. The van der Waals surface area contributed by atoms with E-state index in [2.05, 4.69) is 15.5 Å². The van der Waals surface area contributed by atoms with Gasteiger partial charge in [0.2, 0.25) is 5.91 Å². The maximum absolute atomic E-state index is 13.4. The van der Waals surface area contributed by atoms with Crippen molar-refractivity contribution in [1.82, 2.24) is 15.5 Å². The molecule has 1 fully saturated rings. The highest BCUT2D eigenvalue weighted by Crippen LogP contribution is 2.19. The molecule has 1 heterocycles. The van der Waals surface area contributed by atoms with Crippen molar-refractivity contribution in [3.8, 4) is 0 Å². The summed E-state index contributed by atoms with van der Waals surface area (Å²) in [5.41, 5.74) is -0.0155. The average molecular weight is 398 g/mol. The molecule has 0 aliphatic carbocycles. The van der Waals surface area contributed by atoms with Gasteiger partial charge in [-0.05, 0) is 77.7 Å². The molecular weight excluding hydrogens is 369 g/mol. The van der Waals surface area contributed by atoms with E-state index >= 15 is 0 Å². The van der Waals surface area contributed by atoms with Gasteiger partial charge >= 0.3 is 0 Å². The van der Waals surface area contributed by atoms with Crippen LogP contribution in [0.3, 0.4) is 0 Å². The molecule has 1 aromatic rings. The fourth-order valence-corrected chi connectivity index (χ4v) is 3.43. The molecule has 0 bridgehead atoms. The summed E-state index contributed by atoms with van der Waals surface area (Å²) in [5, 5.41) is 6.08. The summed E-state index contributed by atoms with van der Waals surface area (Å²) < 4.78 is 13.4. The summed E-state index contributed by atoms with van der Waals surface area (Å²) in [6.45, 7) is 9.99. The number of rotatable bonds is 5. The highest BCUT2D eigenvalue weighted by Gasteiger charge is 2.28. The van der Waals surface area contributed by atoms with Crippen LogP contribution >= 0.6 is 11.6 Å². The van der Waals surface area contributed by atoms with Gasteiger partial charge in [-0.15, -0.1) is 0 Å². The number of hydrogen-bond donors (Lipinski definition) is 2. The predicted molar refractivity (Wildman–Crippen MR) is 105 cm³/mol. The van der Waals surface area contributed by atoms with E-state index in [1.807, 2.05) is 27.7 Å². The number of nitrogens with one attached hydrogen (secondary N) is 2. The first-order valence-electron chi connectivity index (χ1n) is 9.35. The zero-order valence-corrected chi connectivity index (χ0v) is 17.2. The zero-order valence-electron chi connectivity index (χ0n) is 16.4. The first kappa shape index (κ1) is 21.6. The van der Waals surface area contributed by atoms with E-state index in [0.29, 0.717) is 12.5 Å². The molecule has 1 aliphatic rings. The van der Waals surface area contributed by atoms with Crippen molar-refractivity contribution in [2.45, 2.75) is 52.1 Å². The van der Waals surface area contributed by atoms with Gasteiger partial charge < -0.3 is 10.6 Å². The minimum absolute atomic E-state index is 0.0391. The molecule has 150 valence electrons. The number of likely N-dealkylation sites (tertiary alicyclic amines) is 1. The Morgan fingerprint density at radius 1 is 1.26 bits per heavy atom. The molecule has 7 heteroatoms. The van der Waals surface area contributed by atoms with Crippen molar-refractivity contribution in [3.05, 3.63) is 34.6 Å². The number of hydrogen-bond acceptors (Lipinski definition) is 3. The number of amides is 2. The number of benzene rings is 1. The van der Waals surface area contributed by atoms with Gasteiger partial charge in [0.1, 0.15) is 5.82 Å². The molecule has 2 rings (SSSR count). The van der Waals surface area contributed by atoms with Crippen molar-refractivity contribution >= 4 is 23.4 Å². The number of nitrogens with zero attached hydrogens (tertiary/aromatic N) is 1. The van der Waals surface area contributed by atoms with Gasteiger partial charge in [-0.2, -0.15) is 0 Å². The van der Waals surface area contributed by atoms with E-state index in [-0.39, 0.29) is 34.0 Å². The topological polar surface area (TPSA) is 61.4 Å². The lowest BCUT2D eigenvalue weighted by atomic mass is 9.95. The fourth-order valence-electron chi connectivity index (χ4n) is 3.21. The molecule has 0 spiro atoms. The second kappa shape index (κ2) is 9.02. The Labute approximate surface area is 165 Å². The smallest absolute Gasteiger partial charge is 0.251 e. The van der Waals surface area contributed by atoms with Crippen molar-refractivity contribution < 1.29 is 14.0 Å². The number of piperidine rings is 1. The molecule has 5 nitrogen and oxygen atoms in total. The van der Waals surface area contributed by atoms with Gasteiger partial charge in [-0.3, -0.25) is 14.5 Å². The molecule has 1 aromatic carbocycles. The van der Waals surface area contributed by atoms with E-state index in [1.165, 1.54) is 18.2 Å². The van der Waals surface area contributed by atoms with Crippen molar-refractivity contribution in [1.29, 1.82) is 0 Å². The van der Waals surface area contributed by atoms with Crippen LogP contribution < -0.4 is 10.6 Å². The second-order valence-electron chi connectivity index (χ2n) is 8.26. The predicted octanol–water partition coefficient (Wildman–Crippen LogP) is 3.22. The van der Waals surface area contributed by atoms with Gasteiger partial charge in [-0.1, -0.05) is 11.6 Å². The molecule has 0 aromatic heterocycles. The van der Waals surface area contributed by atoms with Gasteiger partial charge in [0.15, 0.2) is 0 Å². The fraction of sp³-hybridized carbons (Fsp3) is 0.600. The average Bonchev–Trinajstić information content (AvgIpc) is 2.57. The van der Waals surface area contributed by atoms with E-state index in [1.54, 1.807) is 0 Å². The lowest BCUT2D eigenvalue weighted by Crippen LogP contribution is -2.53. The lowest BCUT2D eigenvalue weighted by Gasteiger charge is -2.36. The van der Waals surface area contributed by atoms with Crippen LogP contribution in [0.1, 0.15) is 50.9 Å². The largest absolute Gasteiger partial charge is 0.352 e. The molecular formula is C20H29ClFN3O2. The van der Waals surface area contributed by atoms with Crippen LogP contribution in [0.2, 0.25) is 5.02 Å². The molecule has 0 unspecified atom stereocenters. The Morgan fingerprint density at radius 3 is 2.44 bits per heavy atom. The standard InChI is InChI=1S/C20H29ClFN3O2/c1-13(18(26)24-20(2,3)4)25-7-5-14(6-8-25)12-23-19(27)15-9-16(21)11-17(22)10-15/h9-11,13-14H,5-8,12H2,1-4H3,(H,23,27)(H,24,26)/t13-/m0/s1. The third-order valence-corrected chi connectivity index (χ3v) is 4.97. The third kappa shape index (κ3) is 6.78. The minimum atomic E-state index is -0.525. The Kier molecular flexibility index (Phi) is 7.23. The summed E-state index contributed by atoms with van der Waals surface area (Å²) in [4.78, 5) is 26.7. The minimum Gasteiger partial charge on any atom is -0.352 e. The molecule has 2 amide bonds. The van der Waals surface area contributed by atoms with Gasteiger partial charge in [0.25, 0.3) is 5.91 Å². The Morgan fingerprint density at radius 2 is 1.89 bits per heavy atom. The van der Waals surface area contributed by atoms with Gasteiger partial charge in [0, 0.05) is 22.7 Å². The van der Waals surface area contributed by atoms with Crippen molar-refractivity contribution in [2.75, 3.05) is 19.6 Å². The molecule has 1 saturated heterocycles. The van der Waals surface area contributed by atoms with Crippen LogP contribution in [0.5, 0.6) is 0 Å². The molecule has 1 atom stereocenters. The molecule has 27 heavy (non-hydrogen) atoms. The van der Waals surface area contributed by atoms with Crippen LogP contribution in [0.25, 0.3) is 0 Å². The first-order valence-corrected chi connectivity index (χ1v) is 9.73. The van der Waals surface area contributed by atoms with E-state index < -0.39 is 5.82 Å². The van der Waals surface area contributed by atoms with Crippen LogP contribution in [0, 0.1) is 11.7 Å². The molecule has 1 aliphatic heterocycles. The Bertz CT molecular complexity index is 662. The normalized spacial score (nSPS) is 17.4. The van der Waals surface area contributed by atoms with E-state index in [0.717, 1.165) is 25.9 Å². The summed E-state index contributed by atoms with van der Waals surface area (Å²) in [6.07, 6.45) is 1.80. The lowest BCUT2D eigenvalue weighted by molar-refractivity contribution is -0.127. The van der Waals surface area contributed by atoms with Crippen LogP contribution in [0.15, 0.2) is 18.2 Å². The van der Waals surface area contributed by atoms with Gasteiger partial charge in [0.05, 0.1) is 6.04 Å². The Balaban J connectivity index is 1.79. The Hall–Kier alpha value is -1.66. The summed E-state index contributed by atoms with van der Waals surface area (Å²) >= 11 is 5.80. The molecule has 0 saturated carbocycles. The van der Waals surface area contributed by atoms with Crippen LogP contribution in [-0.4, -0.2) is 47.9 Å². The summed E-state index contributed by atoms with van der Waals surface area (Å²) in [5.74, 6) is -0.468. The quantitative estimate of drug-likeness (QED) is 0.801. The number of halogens is 2. The maximum Gasteiger partial charge on any atom is 0.251 e. The highest BCUT2D eigenvalue weighted by molar-refractivity contribution is 6.31. The third-order valence-electron chi connectivity index (χ3n) is 4.75. The van der Waals surface area contributed by atoms with E-state index in [4.69, 9.17) is 11.6 Å². The van der Waals surface area contributed by atoms with Crippen LogP contribution in [0.4, 0.5) is 4.39 Å². The molecule has 2 N–H and O–H groups in total. The highest BCUT2D eigenvalue weighted by atomic mass is 35.5. The van der Waals surface area contributed by atoms with Gasteiger partial charge in [-0.25, -0.2) is 4.39 Å². The summed E-state index contributed by atoms with van der Waals surface area (Å²) in [6, 6.07) is 3.64. The monoisotopic (exact) mass is 397 g/mol. The van der Waals surface area contributed by atoms with Crippen molar-refractivity contribution in [3.63, 3.8) is 0 Å². The number of carbonyl (C=O) groups is 2. The SMILES string of the molecule is C[C@@H](C(=O)NC(C)(C)C)N1CCC(CNC(=O)c2cc(F)cc(Cl)c2)CC1. The van der Waals surface area contributed by atoms with Crippen LogP contribution in [-0.2, 0) is 4.79 Å². The number of carbonyl (C=O) groups excluding carboxylic acids is 2. The van der Waals surface area contributed by atoms with Crippen molar-refractivity contribution in [2.24, 2.45) is 5.92 Å². The van der Waals surface area contributed by atoms with E-state index in [9.17, 15) is 14.0 Å². The maximum atomic E-state index is 13.4. The summed E-state index contributed by atoms with van der Waals surface area (Å²) in [7, 11) is 0. The molecule has 0 radical (unpaired) electrons. The zero-order chi connectivity index (χ0) is 20.2.